The summed E-state index contributed by atoms with van der Waals surface area (Å²) in [5.41, 5.74) is -0.161. The molecule has 1 N–H and O–H groups in total. The average molecular weight is 468 g/mol. The molecule has 1 amide bonds. The molecular weight excluding hydrogens is 429 g/mol. The molecule has 8 heteroatoms. The number of hydrogen-bond acceptors (Lipinski definition) is 4. The van der Waals surface area contributed by atoms with Gasteiger partial charge in [-0.25, -0.2) is 14.0 Å². The van der Waals surface area contributed by atoms with Crippen LogP contribution in [0.1, 0.15) is 69.8 Å². The lowest BCUT2D eigenvalue weighted by molar-refractivity contribution is 0.0106. The molecule has 0 aliphatic carbocycles. The van der Waals surface area contributed by atoms with Crippen LogP contribution < -0.4 is 0 Å². The standard InChI is InChI=1S/C24H38FNO5Si/c1-23(2,3)31-22(29)26-12-11-18(16-9-10-20(25)19(13-16)21(27)28)17(14-26)15-30-32(7,8)24(4,5)6/h9-10,13,17-18H,11-12,14-15H2,1-8H3,(H,27,28)/t17-,18-/m0/s1. The molecule has 0 spiro atoms. The van der Waals surface area contributed by atoms with Crippen molar-refractivity contribution in [1.29, 1.82) is 0 Å². The van der Waals surface area contributed by atoms with E-state index in [1.807, 2.05) is 20.8 Å². The molecule has 0 radical (unpaired) electrons. The largest absolute Gasteiger partial charge is 0.478 e. The highest BCUT2D eigenvalue weighted by Gasteiger charge is 2.40. The van der Waals surface area contributed by atoms with E-state index in [9.17, 15) is 19.1 Å². The van der Waals surface area contributed by atoms with Crippen molar-refractivity contribution < 1.29 is 28.2 Å². The first-order valence-corrected chi connectivity index (χ1v) is 14.1. The van der Waals surface area contributed by atoms with E-state index in [0.717, 1.165) is 5.56 Å². The number of ether oxygens (including phenoxy) is 1. The first-order chi connectivity index (χ1) is 14.5. The maximum atomic E-state index is 14.0. The quantitative estimate of drug-likeness (QED) is 0.547. The fourth-order valence-electron chi connectivity index (χ4n) is 3.60. The van der Waals surface area contributed by atoms with Gasteiger partial charge in [-0.3, -0.25) is 0 Å². The third-order valence-electron chi connectivity index (χ3n) is 6.50. The van der Waals surface area contributed by atoms with Crippen molar-refractivity contribution in [2.24, 2.45) is 5.92 Å². The lowest BCUT2D eigenvalue weighted by atomic mass is 9.80. The van der Waals surface area contributed by atoms with Crippen LogP contribution in [0.15, 0.2) is 18.2 Å². The highest BCUT2D eigenvalue weighted by atomic mass is 28.4. The molecule has 0 bridgehead atoms. The van der Waals surface area contributed by atoms with Crippen molar-refractivity contribution in [1.82, 2.24) is 4.90 Å². The lowest BCUT2D eigenvalue weighted by Crippen LogP contribution is -2.48. The van der Waals surface area contributed by atoms with E-state index in [4.69, 9.17) is 9.16 Å². The van der Waals surface area contributed by atoms with E-state index >= 15 is 0 Å². The van der Waals surface area contributed by atoms with Crippen LogP contribution in [0.3, 0.4) is 0 Å². The molecule has 0 aromatic heterocycles. The molecule has 1 fully saturated rings. The third kappa shape index (κ3) is 6.54. The van der Waals surface area contributed by atoms with Gasteiger partial charge in [0.1, 0.15) is 11.4 Å². The Hall–Kier alpha value is -1.93. The van der Waals surface area contributed by atoms with Gasteiger partial charge in [0, 0.05) is 25.6 Å². The second-order valence-electron chi connectivity index (χ2n) is 11.2. The zero-order chi connectivity index (χ0) is 24.5. The Kier molecular flexibility index (Phi) is 7.82. The number of piperidine rings is 1. The summed E-state index contributed by atoms with van der Waals surface area (Å²) in [4.78, 5) is 25.8. The normalized spacial score (nSPS) is 20.2. The number of hydrogen-bond donors (Lipinski definition) is 1. The zero-order valence-electron chi connectivity index (χ0n) is 20.6. The number of nitrogens with zero attached hydrogens (tertiary/aromatic N) is 1. The SMILES string of the molecule is CC(C)(C)OC(=O)N1CC[C@@H](c2ccc(F)c(C(=O)O)c2)[C@H](CO[Si](C)(C)C(C)(C)C)C1. The number of benzene rings is 1. The number of amides is 1. The molecule has 0 saturated carbocycles. The first-order valence-electron chi connectivity index (χ1n) is 11.2. The van der Waals surface area contributed by atoms with Crippen molar-refractivity contribution >= 4 is 20.4 Å². The van der Waals surface area contributed by atoms with Crippen LogP contribution in [0.5, 0.6) is 0 Å². The maximum absolute atomic E-state index is 14.0. The van der Waals surface area contributed by atoms with Crippen LogP contribution >= 0.6 is 0 Å². The van der Waals surface area contributed by atoms with Gasteiger partial charge in [-0.2, -0.15) is 0 Å². The number of carbonyl (C=O) groups excluding carboxylic acids is 1. The molecule has 1 saturated heterocycles. The number of likely N-dealkylation sites (tertiary alicyclic amines) is 1. The fourth-order valence-corrected chi connectivity index (χ4v) is 4.67. The molecule has 0 unspecified atom stereocenters. The molecule has 2 atom stereocenters. The summed E-state index contributed by atoms with van der Waals surface area (Å²) in [6.07, 6.45) is 0.258. The smallest absolute Gasteiger partial charge is 0.410 e. The maximum Gasteiger partial charge on any atom is 0.410 e. The zero-order valence-corrected chi connectivity index (χ0v) is 21.6. The van der Waals surface area contributed by atoms with Crippen LogP contribution in [-0.4, -0.2) is 55.7 Å². The summed E-state index contributed by atoms with van der Waals surface area (Å²) in [5.74, 6) is -2.14. The van der Waals surface area contributed by atoms with Crippen molar-refractivity contribution in [3.63, 3.8) is 0 Å². The summed E-state index contributed by atoms with van der Waals surface area (Å²) in [7, 11) is -2.03. The van der Waals surface area contributed by atoms with Crippen molar-refractivity contribution in [2.75, 3.05) is 19.7 Å². The summed E-state index contributed by atoms with van der Waals surface area (Å²) in [5, 5.41) is 9.38. The number of rotatable bonds is 5. The summed E-state index contributed by atoms with van der Waals surface area (Å²) < 4.78 is 26.0. The van der Waals surface area contributed by atoms with Crippen molar-refractivity contribution in [2.45, 2.75) is 77.6 Å². The van der Waals surface area contributed by atoms with E-state index in [1.165, 1.54) is 12.1 Å². The Bertz CT molecular complexity index is 844. The summed E-state index contributed by atoms with van der Waals surface area (Å²) in [6.45, 7) is 17.7. The summed E-state index contributed by atoms with van der Waals surface area (Å²) in [6, 6.07) is 4.28. The number of carboxylic acid groups (broad SMARTS) is 1. The van der Waals surface area contributed by atoms with E-state index in [0.29, 0.717) is 26.1 Å². The van der Waals surface area contributed by atoms with Gasteiger partial charge in [-0.05, 0) is 68.9 Å². The Balaban J connectivity index is 2.31. The van der Waals surface area contributed by atoms with Crippen LogP contribution in [0.25, 0.3) is 0 Å². The molecule has 1 aliphatic heterocycles. The average Bonchev–Trinajstić information content (AvgIpc) is 2.64. The summed E-state index contributed by atoms with van der Waals surface area (Å²) >= 11 is 0. The molecule has 180 valence electrons. The topological polar surface area (TPSA) is 76.1 Å². The van der Waals surface area contributed by atoms with Gasteiger partial charge in [0.15, 0.2) is 8.32 Å². The molecule has 2 rings (SSSR count). The van der Waals surface area contributed by atoms with E-state index in [2.05, 4.69) is 33.9 Å². The number of halogens is 1. The Morgan fingerprint density at radius 3 is 2.34 bits per heavy atom. The lowest BCUT2D eigenvalue weighted by Gasteiger charge is -2.42. The van der Waals surface area contributed by atoms with Crippen molar-refractivity contribution in [3.8, 4) is 0 Å². The molecular formula is C24H38FNO5Si. The van der Waals surface area contributed by atoms with Gasteiger partial charge in [-0.1, -0.05) is 26.8 Å². The van der Waals surface area contributed by atoms with E-state index in [1.54, 1.807) is 11.0 Å². The number of carbonyl (C=O) groups is 2. The molecule has 32 heavy (non-hydrogen) atoms. The van der Waals surface area contributed by atoms with Gasteiger partial charge < -0.3 is 19.2 Å². The predicted molar refractivity (Wildman–Crippen MR) is 125 cm³/mol. The predicted octanol–water partition coefficient (Wildman–Crippen LogP) is 5.89. The molecule has 1 heterocycles. The monoisotopic (exact) mass is 467 g/mol. The Morgan fingerprint density at radius 2 is 1.81 bits per heavy atom. The molecule has 1 aliphatic rings. The van der Waals surface area contributed by atoms with Gasteiger partial charge in [0.2, 0.25) is 0 Å². The second-order valence-corrected chi connectivity index (χ2v) is 16.0. The van der Waals surface area contributed by atoms with Crippen LogP contribution in [-0.2, 0) is 9.16 Å². The number of carboxylic acids is 1. The van der Waals surface area contributed by atoms with Crippen LogP contribution in [0.4, 0.5) is 9.18 Å². The third-order valence-corrected chi connectivity index (χ3v) is 11.0. The Labute approximate surface area is 192 Å². The van der Waals surface area contributed by atoms with Gasteiger partial charge in [0.05, 0.1) is 5.56 Å². The van der Waals surface area contributed by atoms with Crippen molar-refractivity contribution in [3.05, 3.63) is 35.1 Å². The highest BCUT2D eigenvalue weighted by Crippen LogP contribution is 2.39. The van der Waals surface area contributed by atoms with Gasteiger partial charge in [-0.15, -0.1) is 0 Å². The molecule has 1 aromatic carbocycles. The number of aromatic carboxylic acids is 1. The van der Waals surface area contributed by atoms with Crippen LogP contribution in [0.2, 0.25) is 18.1 Å². The molecule has 6 nitrogen and oxygen atoms in total. The molecule has 1 aromatic rings. The van der Waals surface area contributed by atoms with Gasteiger partial charge >= 0.3 is 12.1 Å². The second kappa shape index (κ2) is 9.51. The van der Waals surface area contributed by atoms with E-state index < -0.39 is 25.7 Å². The first kappa shape index (κ1) is 26.3. The minimum atomic E-state index is -2.03. The van der Waals surface area contributed by atoms with Crippen LogP contribution in [0, 0.1) is 11.7 Å². The minimum Gasteiger partial charge on any atom is -0.478 e. The fraction of sp³-hybridized carbons (Fsp3) is 0.667. The highest BCUT2D eigenvalue weighted by molar-refractivity contribution is 6.74. The van der Waals surface area contributed by atoms with Gasteiger partial charge in [0.25, 0.3) is 0 Å². The minimum absolute atomic E-state index is 0.0361. The van der Waals surface area contributed by atoms with E-state index in [-0.39, 0.29) is 28.5 Å². The Morgan fingerprint density at radius 1 is 1.19 bits per heavy atom.